The van der Waals surface area contributed by atoms with Crippen LogP contribution in [0.15, 0.2) is 6.07 Å². The molecule has 3 heteroatoms. The van der Waals surface area contributed by atoms with Crippen molar-refractivity contribution in [2.24, 2.45) is 0 Å². The summed E-state index contributed by atoms with van der Waals surface area (Å²) in [6, 6.07) is 2.23. The number of hydrogen-bond donors (Lipinski definition) is 0. The summed E-state index contributed by atoms with van der Waals surface area (Å²) in [6.45, 7) is 7.85. The van der Waals surface area contributed by atoms with Crippen LogP contribution in [0.25, 0.3) is 0 Å². The van der Waals surface area contributed by atoms with Gasteiger partial charge in [-0.25, -0.2) is 0 Å². The zero-order valence-electron chi connectivity index (χ0n) is 9.37. The predicted molar refractivity (Wildman–Crippen MR) is 56.6 cm³/mol. The van der Waals surface area contributed by atoms with Crippen molar-refractivity contribution in [2.75, 3.05) is 0 Å². The van der Waals surface area contributed by atoms with Crippen molar-refractivity contribution in [2.45, 2.75) is 46.6 Å². The topological polar surface area (TPSA) is 34.9 Å². The van der Waals surface area contributed by atoms with Gasteiger partial charge < -0.3 is 0 Å². The molecule has 0 aliphatic rings. The zero-order chi connectivity index (χ0) is 10.7. The van der Waals surface area contributed by atoms with E-state index in [2.05, 4.69) is 25.9 Å². The first-order valence-electron chi connectivity index (χ1n) is 5.15. The highest BCUT2D eigenvalue weighted by atomic mass is 16.1. The largest absolute Gasteiger partial charge is 0.293 e. The number of hydrogen-bond acceptors (Lipinski definition) is 2. The number of carbonyl (C=O) groups is 1. The van der Waals surface area contributed by atoms with Gasteiger partial charge in [0.2, 0.25) is 0 Å². The van der Waals surface area contributed by atoms with Gasteiger partial charge in [0, 0.05) is 18.7 Å². The molecule has 1 heterocycles. The maximum Gasteiger partial charge on any atom is 0.179 e. The second kappa shape index (κ2) is 4.40. The van der Waals surface area contributed by atoms with Crippen molar-refractivity contribution in [3.63, 3.8) is 0 Å². The zero-order valence-corrected chi connectivity index (χ0v) is 9.37. The number of aryl methyl sites for hydroxylation is 1. The van der Waals surface area contributed by atoms with E-state index < -0.39 is 0 Å². The Hall–Kier alpha value is -1.12. The van der Waals surface area contributed by atoms with Crippen molar-refractivity contribution in [1.82, 2.24) is 9.78 Å². The molecule has 0 N–H and O–H groups in total. The Labute approximate surface area is 85.1 Å². The Morgan fingerprint density at radius 1 is 1.57 bits per heavy atom. The average Bonchev–Trinajstić information content (AvgIpc) is 2.49. The van der Waals surface area contributed by atoms with Crippen LogP contribution in [0.1, 0.15) is 56.3 Å². The Balaban J connectivity index is 3.05. The van der Waals surface area contributed by atoms with E-state index in [1.807, 2.05) is 10.7 Å². The highest BCUT2D eigenvalue weighted by molar-refractivity contribution is 5.92. The maximum atomic E-state index is 11.2. The first kappa shape index (κ1) is 11.0. The van der Waals surface area contributed by atoms with Crippen molar-refractivity contribution in [1.29, 1.82) is 0 Å². The Bertz CT molecular complexity index is 326. The summed E-state index contributed by atoms with van der Waals surface area (Å²) in [6.07, 6.45) is 2.06. The highest BCUT2D eigenvalue weighted by Gasteiger charge is 2.11. The summed E-state index contributed by atoms with van der Waals surface area (Å²) in [5.74, 6) is 0.0433. The molecule has 1 aromatic heterocycles. The van der Waals surface area contributed by atoms with Gasteiger partial charge in [-0.3, -0.25) is 9.48 Å². The second-order valence-corrected chi connectivity index (χ2v) is 3.87. The molecule has 78 valence electrons. The summed E-state index contributed by atoms with van der Waals surface area (Å²) >= 11 is 0. The lowest BCUT2D eigenvalue weighted by molar-refractivity contribution is 0.101. The normalized spacial score (nSPS) is 10.9. The average molecular weight is 194 g/mol. The van der Waals surface area contributed by atoms with Gasteiger partial charge in [0.1, 0.15) is 5.69 Å². The molecule has 0 aliphatic heterocycles. The summed E-state index contributed by atoms with van der Waals surface area (Å²) < 4.78 is 1.94. The summed E-state index contributed by atoms with van der Waals surface area (Å²) in [7, 11) is 0. The van der Waals surface area contributed by atoms with Gasteiger partial charge in [0.05, 0.1) is 0 Å². The molecular weight excluding hydrogens is 176 g/mol. The van der Waals surface area contributed by atoms with Gasteiger partial charge in [0.15, 0.2) is 5.78 Å². The highest BCUT2D eigenvalue weighted by Crippen LogP contribution is 2.13. The molecule has 1 rings (SSSR count). The molecule has 0 saturated carbocycles. The van der Waals surface area contributed by atoms with Crippen molar-refractivity contribution in [3.8, 4) is 0 Å². The van der Waals surface area contributed by atoms with Gasteiger partial charge in [-0.2, -0.15) is 5.10 Å². The molecule has 0 unspecified atom stereocenters. The number of carbonyl (C=O) groups excluding carboxylic acids is 1. The summed E-state index contributed by atoms with van der Waals surface area (Å²) in [5.41, 5.74) is 1.75. The summed E-state index contributed by atoms with van der Waals surface area (Å²) in [5, 5.41) is 4.29. The molecule has 0 bridgehead atoms. The molecule has 0 fully saturated rings. The molecule has 1 aromatic rings. The maximum absolute atomic E-state index is 11.2. The fraction of sp³-hybridized carbons (Fsp3) is 0.636. The monoisotopic (exact) mass is 194 g/mol. The van der Waals surface area contributed by atoms with Gasteiger partial charge in [0.25, 0.3) is 0 Å². The first-order valence-corrected chi connectivity index (χ1v) is 5.15. The molecule has 0 aliphatic carbocycles. The molecular formula is C11H18N2O. The standard InChI is InChI=1S/C11H18N2O/c1-5-6-10-7-11(9(4)14)12-13(10)8(2)3/h7-8H,5-6H2,1-4H3. The first-order chi connectivity index (χ1) is 6.56. The van der Waals surface area contributed by atoms with Crippen molar-refractivity contribution >= 4 is 5.78 Å². The van der Waals surface area contributed by atoms with E-state index in [-0.39, 0.29) is 5.78 Å². The van der Waals surface area contributed by atoms with E-state index in [1.54, 1.807) is 6.92 Å². The smallest absolute Gasteiger partial charge is 0.179 e. The van der Waals surface area contributed by atoms with Gasteiger partial charge >= 0.3 is 0 Å². The van der Waals surface area contributed by atoms with E-state index in [0.29, 0.717) is 11.7 Å². The van der Waals surface area contributed by atoms with Crippen LogP contribution in [0.5, 0.6) is 0 Å². The number of ketones is 1. The third kappa shape index (κ3) is 2.22. The molecule has 0 radical (unpaired) electrons. The Morgan fingerprint density at radius 2 is 2.21 bits per heavy atom. The molecule has 0 aromatic carbocycles. The number of Topliss-reactive ketones (excluding diaryl/α,β-unsaturated/α-hetero) is 1. The molecule has 0 spiro atoms. The van der Waals surface area contributed by atoms with E-state index in [0.717, 1.165) is 18.5 Å². The molecule has 3 nitrogen and oxygen atoms in total. The molecule has 0 amide bonds. The lowest BCUT2D eigenvalue weighted by Crippen LogP contribution is -2.08. The lowest BCUT2D eigenvalue weighted by Gasteiger charge is -2.09. The number of nitrogens with zero attached hydrogens (tertiary/aromatic N) is 2. The van der Waals surface area contributed by atoms with Crippen LogP contribution in [0.3, 0.4) is 0 Å². The van der Waals surface area contributed by atoms with Gasteiger partial charge in [-0.15, -0.1) is 0 Å². The minimum Gasteiger partial charge on any atom is -0.293 e. The SMILES string of the molecule is CCCc1cc(C(C)=O)nn1C(C)C. The molecule has 0 atom stereocenters. The van der Waals surface area contributed by atoms with Crippen LogP contribution in [0, 0.1) is 0 Å². The van der Waals surface area contributed by atoms with E-state index in [4.69, 9.17) is 0 Å². The van der Waals surface area contributed by atoms with Gasteiger partial charge in [-0.1, -0.05) is 13.3 Å². The number of rotatable bonds is 4. The summed E-state index contributed by atoms with van der Waals surface area (Å²) in [4.78, 5) is 11.2. The third-order valence-electron chi connectivity index (χ3n) is 2.17. The van der Waals surface area contributed by atoms with Crippen LogP contribution in [-0.4, -0.2) is 15.6 Å². The Morgan fingerprint density at radius 3 is 2.64 bits per heavy atom. The fourth-order valence-corrected chi connectivity index (χ4v) is 1.50. The third-order valence-corrected chi connectivity index (χ3v) is 2.17. The fourth-order valence-electron chi connectivity index (χ4n) is 1.50. The lowest BCUT2D eigenvalue weighted by atomic mass is 10.2. The van der Waals surface area contributed by atoms with E-state index >= 15 is 0 Å². The predicted octanol–water partition coefficient (Wildman–Crippen LogP) is 2.62. The van der Waals surface area contributed by atoms with Crippen LogP contribution in [-0.2, 0) is 6.42 Å². The number of aromatic nitrogens is 2. The second-order valence-electron chi connectivity index (χ2n) is 3.87. The molecule has 14 heavy (non-hydrogen) atoms. The van der Waals surface area contributed by atoms with Crippen LogP contribution >= 0.6 is 0 Å². The quantitative estimate of drug-likeness (QED) is 0.690. The van der Waals surface area contributed by atoms with E-state index in [9.17, 15) is 4.79 Å². The Kier molecular flexibility index (Phi) is 3.44. The van der Waals surface area contributed by atoms with Crippen LogP contribution in [0.2, 0.25) is 0 Å². The van der Waals surface area contributed by atoms with Crippen molar-refractivity contribution in [3.05, 3.63) is 17.5 Å². The van der Waals surface area contributed by atoms with E-state index in [1.165, 1.54) is 0 Å². The molecule has 0 saturated heterocycles. The van der Waals surface area contributed by atoms with Crippen LogP contribution < -0.4 is 0 Å². The van der Waals surface area contributed by atoms with Gasteiger partial charge in [-0.05, 0) is 26.3 Å². The minimum absolute atomic E-state index is 0.0433. The van der Waals surface area contributed by atoms with Crippen molar-refractivity contribution < 1.29 is 4.79 Å². The van der Waals surface area contributed by atoms with Crippen LogP contribution in [0.4, 0.5) is 0 Å². The minimum atomic E-state index is 0.0433.